The van der Waals surface area contributed by atoms with Crippen LogP contribution in [0.5, 0.6) is 0 Å². The first kappa shape index (κ1) is 9.96. The summed E-state index contributed by atoms with van der Waals surface area (Å²) >= 11 is 0. The Kier molecular flexibility index (Phi) is 1.84. The zero-order chi connectivity index (χ0) is 12.2. The van der Waals surface area contributed by atoms with Gasteiger partial charge in [-0.3, -0.25) is 0 Å². The van der Waals surface area contributed by atoms with Gasteiger partial charge < -0.3 is 14.1 Å². The van der Waals surface area contributed by atoms with Crippen molar-refractivity contribution in [1.82, 2.24) is 4.57 Å². The van der Waals surface area contributed by atoms with Crippen LogP contribution < -0.4 is 0 Å². The predicted molar refractivity (Wildman–Crippen MR) is 64.4 cm³/mol. The molecule has 1 aromatic carbocycles. The third-order valence-electron chi connectivity index (χ3n) is 3.03. The maximum Gasteiger partial charge on any atom is 0.352 e. The van der Waals surface area contributed by atoms with E-state index in [0.29, 0.717) is 5.71 Å². The molecule has 3 aromatic rings. The van der Waals surface area contributed by atoms with Crippen molar-refractivity contribution < 1.29 is 14.3 Å². The van der Waals surface area contributed by atoms with E-state index in [4.69, 9.17) is 9.52 Å². The Hall–Kier alpha value is -2.23. The van der Waals surface area contributed by atoms with E-state index >= 15 is 0 Å². The van der Waals surface area contributed by atoms with E-state index in [1.54, 1.807) is 17.7 Å². The van der Waals surface area contributed by atoms with Crippen LogP contribution in [0.1, 0.15) is 16.1 Å². The molecule has 0 unspecified atom stereocenters. The summed E-state index contributed by atoms with van der Waals surface area (Å²) in [6, 6.07) is 7.55. The van der Waals surface area contributed by atoms with Crippen molar-refractivity contribution in [1.29, 1.82) is 0 Å². The van der Waals surface area contributed by atoms with Crippen molar-refractivity contribution in [2.75, 3.05) is 0 Å². The molecule has 0 aliphatic heterocycles. The van der Waals surface area contributed by atoms with Gasteiger partial charge in [0.2, 0.25) is 5.71 Å². The van der Waals surface area contributed by atoms with E-state index in [2.05, 4.69) is 0 Å². The Bertz CT molecular complexity index is 749. The van der Waals surface area contributed by atoms with Gasteiger partial charge in [-0.2, -0.15) is 0 Å². The maximum atomic E-state index is 11.0. The molecule has 17 heavy (non-hydrogen) atoms. The largest absolute Gasteiger partial charge is 0.477 e. The summed E-state index contributed by atoms with van der Waals surface area (Å²) in [5, 5.41) is 10.9. The van der Waals surface area contributed by atoms with Gasteiger partial charge in [0.05, 0.1) is 0 Å². The number of carboxylic acid groups (broad SMARTS) is 1. The number of fused-ring (bicyclic) bond motifs is 3. The number of aromatic carboxylic acids is 1. The molecular weight excluding hydrogens is 218 g/mol. The SMILES string of the molecule is Cc1ccc2oc3c(cc(C(=O)O)n3C)c2c1. The van der Waals surface area contributed by atoms with Crippen molar-refractivity contribution in [2.45, 2.75) is 6.92 Å². The molecule has 2 heterocycles. The van der Waals surface area contributed by atoms with Crippen LogP contribution in [0.3, 0.4) is 0 Å². The van der Waals surface area contributed by atoms with Crippen molar-refractivity contribution in [3.8, 4) is 0 Å². The van der Waals surface area contributed by atoms with Gasteiger partial charge in [0.15, 0.2) is 0 Å². The molecule has 3 rings (SSSR count). The lowest BCUT2D eigenvalue weighted by Crippen LogP contribution is -2.03. The van der Waals surface area contributed by atoms with E-state index in [1.165, 1.54) is 0 Å². The third kappa shape index (κ3) is 1.27. The highest BCUT2D eigenvalue weighted by Gasteiger charge is 2.17. The van der Waals surface area contributed by atoms with Gasteiger partial charge in [0.1, 0.15) is 11.3 Å². The number of nitrogens with zero attached hydrogens (tertiary/aromatic N) is 1. The minimum atomic E-state index is -0.945. The van der Waals surface area contributed by atoms with Gasteiger partial charge in [-0.05, 0) is 25.1 Å². The number of carbonyl (C=O) groups is 1. The second-order valence-electron chi connectivity index (χ2n) is 4.21. The van der Waals surface area contributed by atoms with E-state index in [1.807, 2.05) is 25.1 Å². The third-order valence-corrected chi connectivity index (χ3v) is 3.03. The Labute approximate surface area is 97.1 Å². The average Bonchev–Trinajstić information content (AvgIpc) is 2.77. The van der Waals surface area contributed by atoms with Crippen LogP contribution in [0.25, 0.3) is 22.1 Å². The Morgan fingerprint density at radius 2 is 2.06 bits per heavy atom. The molecule has 0 amide bonds. The predicted octanol–water partition coefficient (Wildman–Crippen LogP) is 2.93. The summed E-state index contributed by atoms with van der Waals surface area (Å²) in [7, 11) is 1.70. The minimum absolute atomic E-state index is 0.238. The Balaban J connectivity index is 2.47. The zero-order valence-corrected chi connectivity index (χ0v) is 9.52. The lowest BCUT2D eigenvalue weighted by atomic mass is 10.1. The van der Waals surface area contributed by atoms with E-state index in [-0.39, 0.29) is 5.69 Å². The second-order valence-corrected chi connectivity index (χ2v) is 4.21. The number of hydrogen-bond donors (Lipinski definition) is 1. The van der Waals surface area contributed by atoms with Gasteiger partial charge >= 0.3 is 5.97 Å². The van der Waals surface area contributed by atoms with Gasteiger partial charge in [-0.1, -0.05) is 11.6 Å². The fourth-order valence-electron chi connectivity index (χ4n) is 2.15. The molecule has 0 saturated carbocycles. The summed E-state index contributed by atoms with van der Waals surface area (Å²) in [6.07, 6.45) is 0. The summed E-state index contributed by atoms with van der Waals surface area (Å²) in [5.41, 5.74) is 2.75. The normalized spacial score (nSPS) is 11.4. The molecule has 0 fully saturated rings. The van der Waals surface area contributed by atoms with E-state index in [9.17, 15) is 4.79 Å². The summed E-state index contributed by atoms with van der Waals surface area (Å²) < 4.78 is 7.23. The molecule has 0 saturated heterocycles. The first-order valence-corrected chi connectivity index (χ1v) is 5.30. The topological polar surface area (TPSA) is 55.4 Å². The molecule has 2 aromatic heterocycles. The maximum absolute atomic E-state index is 11.0. The molecule has 0 spiro atoms. The van der Waals surface area contributed by atoms with Crippen LogP contribution in [-0.4, -0.2) is 15.6 Å². The van der Waals surface area contributed by atoms with Crippen LogP contribution in [-0.2, 0) is 7.05 Å². The van der Waals surface area contributed by atoms with Crippen molar-refractivity contribution in [2.24, 2.45) is 7.05 Å². The van der Waals surface area contributed by atoms with Gasteiger partial charge in [0.25, 0.3) is 0 Å². The van der Waals surface area contributed by atoms with E-state index < -0.39 is 5.97 Å². The standard InChI is InChI=1S/C13H11NO3/c1-7-3-4-11-8(5-7)9-6-10(13(15)16)14(2)12(9)17-11/h3-6H,1-2H3,(H,15,16). The highest BCUT2D eigenvalue weighted by molar-refractivity contribution is 6.07. The lowest BCUT2D eigenvalue weighted by Gasteiger charge is -1.96. The second kappa shape index (κ2) is 3.13. The first-order valence-electron chi connectivity index (χ1n) is 5.30. The molecule has 4 heteroatoms. The lowest BCUT2D eigenvalue weighted by molar-refractivity contribution is 0.0686. The number of carboxylic acids is 1. The molecule has 1 N–H and O–H groups in total. The first-order chi connectivity index (χ1) is 8.08. The van der Waals surface area contributed by atoms with Gasteiger partial charge in [0, 0.05) is 17.8 Å². The molecule has 4 nitrogen and oxygen atoms in total. The average molecular weight is 229 g/mol. The highest BCUT2D eigenvalue weighted by Crippen LogP contribution is 2.31. The van der Waals surface area contributed by atoms with E-state index in [0.717, 1.165) is 21.9 Å². The van der Waals surface area contributed by atoms with Crippen molar-refractivity contribution in [3.63, 3.8) is 0 Å². The quantitative estimate of drug-likeness (QED) is 0.698. The number of aryl methyl sites for hydroxylation is 2. The number of rotatable bonds is 1. The number of benzene rings is 1. The van der Waals surface area contributed by atoms with Crippen LogP contribution >= 0.6 is 0 Å². The van der Waals surface area contributed by atoms with Crippen molar-refractivity contribution >= 4 is 28.0 Å². The van der Waals surface area contributed by atoms with Crippen LogP contribution in [0.4, 0.5) is 0 Å². The monoisotopic (exact) mass is 229 g/mol. The Morgan fingerprint density at radius 3 is 2.76 bits per heavy atom. The molecule has 0 bridgehead atoms. The molecule has 0 radical (unpaired) electrons. The molecule has 0 aliphatic rings. The number of aromatic nitrogens is 1. The number of hydrogen-bond acceptors (Lipinski definition) is 2. The smallest absolute Gasteiger partial charge is 0.352 e. The van der Waals surface area contributed by atoms with Crippen LogP contribution in [0.15, 0.2) is 28.7 Å². The zero-order valence-electron chi connectivity index (χ0n) is 9.52. The summed E-state index contributed by atoms with van der Waals surface area (Å²) in [5.74, 6) is -0.945. The fourth-order valence-corrected chi connectivity index (χ4v) is 2.15. The highest BCUT2D eigenvalue weighted by atomic mass is 16.4. The van der Waals surface area contributed by atoms with Gasteiger partial charge in [-0.15, -0.1) is 0 Å². The van der Waals surface area contributed by atoms with Crippen molar-refractivity contribution in [3.05, 3.63) is 35.5 Å². The molecule has 0 aliphatic carbocycles. The van der Waals surface area contributed by atoms with Crippen LogP contribution in [0.2, 0.25) is 0 Å². The molecule has 0 atom stereocenters. The molecular formula is C13H11NO3. The number of furan rings is 1. The summed E-state index contributed by atoms with van der Waals surface area (Å²) in [4.78, 5) is 11.0. The fraction of sp³-hybridized carbons (Fsp3) is 0.154. The van der Waals surface area contributed by atoms with Crippen LogP contribution in [0, 0.1) is 6.92 Å². The summed E-state index contributed by atoms with van der Waals surface area (Å²) in [6.45, 7) is 2.00. The van der Waals surface area contributed by atoms with Gasteiger partial charge in [-0.25, -0.2) is 4.79 Å². The Morgan fingerprint density at radius 1 is 1.29 bits per heavy atom. The molecule has 86 valence electrons. The minimum Gasteiger partial charge on any atom is -0.477 e.